The van der Waals surface area contributed by atoms with Crippen molar-refractivity contribution < 1.29 is 10.2 Å². The molecule has 3 nitrogen and oxygen atoms in total. The summed E-state index contributed by atoms with van der Waals surface area (Å²) in [7, 11) is 0. The van der Waals surface area contributed by atoms with Gasteiger partial charge in [0.1, 0.15) is 5.76 Å². The maximum atomic E-state index is 8.83. The van der Waals surface area contributed by atoms with Gasteiger partial charge in [-0.1, -0.05) is 0 Å². The molecule has 4 N–H and O–H groups in total. The Kier molecular flexibility index (Phi) is 1.44. The lowest BCUT2D eigenvalue weighted by molar-refractivity contribution is 0.355. The summed E-state index contributed by atoms with van der Waals surface area (Å²) in [5, 5.41) is 17.6. The lowest BCUT2D eigenvalue weighted by atomic mass is 10.1. The number of aliphatic hydroxyl groups excluding tert-OH is 2. The third-order valence-corrected chi connectivity index (χ3v) is 1.14. The van der Waals surface area contributed by atoms with E-state index in [9.17, 15) is 0 Å². The molecule has 0 heterocycles. The molecule has 1 unspecified atom stereocenters. The largest absolute Gasteiger partial charge is 0.512 e. The van der Waals surface area contributed by atoms with E-state index in [-0.39, 0.29) is 17.6 Å². The number of aliphatic hydroxyl groups is 2. The Morgan fingerprint density at radius 1 is 1.56 bits per heavy atom. The molecule has 0 aromatic carbocycles. The van der Waals surface area contributed by atoms with Gasteiger partial charge in [-0.25, -0.2) is 0 Å². The molecule has 0 radical (unpaired) electrons. The van der Waals surface area contributed by atoms with Crippen LogP contribution in [0.15, 0.2) is 23.7 Å². The number of hydrogen-bond donors (Lipinski definition) is 3. The quantitative estimate of drug-likeness (QED) is 0.446. The predicted octanol–water partition coefficient (Wildman–Crippen LogP) is 0.601. The average Bonchev–Trinajstić information content (AvgIpc) is 1.59. The summed E-state index contributed by atoms with van der Waals surface area (Å²) >= 11 is 0. The van der Waals surface area contributed by atoms with Crippen LogP contribution in [0.4, 0.5) is 0 Å². The van der Waals surface area contributed by atoms with Crippen molar-refractivity contribution in [1.82, 2.24) is 0 Å². The average molecular weight is 127 g/mol. The molecular weight excluding hydrogens is 118 g/mol. The highest BCUT2D eigenvalue weighted by Crippen LogP contribution is 2.11. The van der Waals surface area contributed by atoms with Crippen LogP contribution in [0.2, 0.25) is 0 Å². The second-order valence-corrected chi connectivity index (χ2v) is 2.10. The Morgan fingerprint density at radius 2 is 2.22 bits per heavy atom. The summed E-state index contributed by atoms with van der Waals surface area (Å²) in [6.45, 7) is 0. The van der Waals surface area contributed by atoms with Crippen molar-refractivity contribution in [2.75, 3.05) is 0 Å². The molecule has 50 valence electrons. The van der Waals surface area contributed by atoms with Crippen molar-refractivity contribution in [3.05, 3.63) is 23.7 Å². The molecule has 3 heteroatoms. The minimum atomic E-state index is -0.241. The monoisotopic (exact) mass is 127 g/mol. The highest BCUT2D eigenvalue weighted by Gasteiger charge is 2.08. The van der Waals surface area contributed by atoms with E-state index in [1.54, 1.807) is 0 Å². The van der Waals surface area contributed by atoms with Gasteiger partial charge >= 0.3 is 0 Å². The van der Waals surface area contributed by atoms with E-state index in [0.717, 1.165) is 0 Å². The molecule has 0 saturated carbocycles. The zero-order chi connectivity index (χ0) is 6.85. The molecule has 1 atom stereocenters. The normalized spacial score (nSPS) is 27.0. The molecule has 0 aromatic heterocycles. The van der Waals surface area contributed by atoms with Gasteiger partial charge in [0.25, 0.3) is 0 Å². The molecule has 1 aliphatic carbocycles. The fraction of sp³-hybridized carbons (Fsp3) is 0.333. The summed E-state index contributed by atoms with van der Waals surface area (Å²) < 4.78 is 0. The molecule has 0 aliphatic heterocycles. The Labute approximate surface area is 53.1 Å². The van der Waals surface area contributed by atoms with Crippen LogP contribution in [0.1, 0.15) is 6.42 Å². The van der Waals surface area contributed by atoms with Crippen LogP contribution in [-0.4, -0.2) is 16.3 Å². The molecule has 0 fully saturated rings. The van der Waals surface area contributed by atoms with Gasteiger partial charge in [0.2, 0.25) is 0 Å². The first-order chi connectivity index (χ1) is 4.18. The van der Waals surface area contributed by atoms with E-state index in [1.165, 1.54) is 12.2 Å². The SMILES string of the molecule is NC1C=C(O)C=C(O)C1. The lowest BCUT2D eigenvalue weighted by Gasteiger charge is -2.10. The van der Waals surface area contributed by atoms with Gasteiger partial charge in [-0.2, -0.15) is 0 Å². The van der Waals surface area contributed by atoms with E-state index in [4.69, 9.17) is 15.9 Å². The minimum absolute atomic E-state index is 0.0475. The van der Waals surface area contributed by atoms with Crippen molar-refractivity contribution >= 4 is 0 Å². The van der Waals surface area contributed by atoms with E-state index < -0.39 is 0 Å². The fourth-order valence-electron chi connectivity index (χ4n) is 0.797. The smallest absolute Gasteiger partial charge is 0.116 e. The molecule has 0 bridgehead atoms. The summed E-state index contributed by atoms with van der Waals surface area (Å²) in [6.07, 6.45) is 3.22. The summed E-state index contributed by atoms with van der Waals surface area (Å²) in [4.78, 5) is 0. The van der Waals surface area contributed by atoms with Crippen molar-refractivity contribution in [3.63, 3.8) is 0 Å². The van der Waals surface area contributed by atoms with Crippen LogP contribution in [0, 0.1) is 0 Å². The van der Waals surface area contributed by atoms with E-state index in [2.05, 4.69) is 0 Å². The van der Waals surface area contributed by atoms with Crippen LogP contribution in [0.25, 0.3) is 0 Å². The second-order valence-electron chi connectivity index (χ2n) is 2.10. The minimum Gasteiger partial charge on any atom is -0.512 e. The van der Waals surface area contributed by atoms with Gasteiger partial charge in [0.05, 0.1) is 5.76 Å². The Morgan fingerprint density at radius 3 is 2.67 bits per heavy atom. The Balaban J connectivity index is 2.74. The van der Waals surface area contributed by atoms with Gasteiger partial charge < -0.3 is 15.9 Å². The van der Waals surface area contributed by atoms with Crippen LogP contribution in [0.3, 0.4) is 0 Å². The fourth-order valence-corrected chi connectivity index (χ4v) is 0.797. The first-order valence-electron chi connectivity index (χ1n) is 2.74. The topological polar surface area (TPSA) is 66.5 Å². The highest BCUT2D eigenvalue weighted by atomic mass is 16.3. The first kappa shape index (κ1) is 6.16. The Hall–Kier alpha value is -0.960. The molecule has 1 rings (SSSR count). The van der Waals surface area contributed by atoms with Crippen LogP contribution < -0.4 is 5.73 Å². The second kappa shape index (κ2) is 2.11. The molecular formula is C6H9NO2. The summed E-state index contributed by atoms with van der Waals surface area (Å²) in [6, 6.07) is -0.241. The first-order valence-corrected chi connectivity index (χ1v) is 2.74. The lowest BCUT2D eigenvalue weighted by Crippen LogP contribution is -2.20. The van der Waals surface area contributed by atoms with E-state index in [1.807, 2.05) is 0 Å². The standard InChI is InChI=1S/C6H9NO2/c7-4-1-5(8)3-6(9)2-4/h1,3-4,8-9H,2,7H2. The molecule has 0 amide bonds. The Bertz CT molecular complexity index is 172. The van der Waals surface area contributed by atoms with Crippen LogP contribution in [0.5, 0.6) is 0 Å². The summed E-state index contributed by atoms with van der Waals surface area (Å²) in [5.74, 6) is 0.189. The van der Waals surface area contributed by atoms with Crippen LogP contribution >= 0.6 is 0 Å². The highest BCUT2D eigenvalue weighted by molar-refractivity contribution is 5.21. The van der Waals surface area contributed by atoms with Gasteiger partial charge in [0.15, 0.2) is 0 Å². The van der Waals surface area contributed by atoms with Gasteiger partial charge in [-0.05, 0) is 6.08 Å². The third-order valence-electron chi connectivity index (χ3n) is 1.14. The van der Waals surface area contributed by atoms with Crippen molar-refractivity contribution in [2.45, 2.75) is 12.5 Å². The zero-order valence-electron chi connectivity index (χ0n) is 4.91. The molecule has 1 aliphatic rings. The van der Waals surface area contributed by atoms with Crippen molar-refractivity contribution in [2.24, 2.45) is 5.73 Å². The molecule has 0 aromatic rings. The molecule has 0 saturated heterocycles. The predicted molar refractivity (Wildman–Crippen MR) is 34.0 cm³/mol. The third kappa shape index (κ3) is 1.47. The zero-order valence-corrected chi connectivity index (χ0v) is 4.91. The van der Waals surface area contributed by atoms with Gasteiger partial charge in [-0.15, -0.1) is 0 Å². The van der Waals surface area contributed by atoms with E-state index >= 15 is 0 Å². The number of rotatable bonds is 0. The molecule has 0 spiro atoms. The van der Waals surface area contributed by atoms with E-state index in [0.29, 0.717) is 6.42 Å². The van der Waals surface area contributed by atoms with Crippen LogP contribution in [-0.2, 0) is 0 Å². The number of nitrogens with two attached hydrogens (primary N) is 1. The van der Waals surface area contributed by atoms with Crippen molar-refractivity contribution in [3.8, 4) is 0 Å². The molecule has 9 heavy (non-hydrogen) atoms. The maximum Gasteiger partial charge on any atom is 0.116 e. The van der Waals surface area contributed by atoms with Gasteiger partial charge in [0, 0.05) is 18.5 Å². The van der Waals surface area contributed by atoms with Gasteiger partial charge in [-0.3, -0.25) is 0 Å². The number of allylic oxidation sites excluding steroid dienone is 1. The van der Waals surface area contributed by atoms with Crippen molar-refractivity contribution in [1.29, 1.82) is 0 Å². The maximum absolute atomic E-state index is 8.83. The number of hydrogen-bond acceptors (Lipinski definition) is 3. The summed E-state index contributed by atoms with van der Waals surface area (Å²) in [5.41, 5.74) is 5.38.